The SMILES string of the molecule is O=C(O[C@H]1[C@H](O)[C@@H](CO)O[C@@]1(CO)O[C@H]1O[C@H](CO)[C@@H](O)[C@H](O)[C@H]1O)[C@H](O)[C@@H](O)[C@H](O)[C@H](O)CO. The molecule has 0 aromatic rings. The lowest BCUT2D eigenvalue weighted by Crippen LogP contribution is -2.63. The topological polar surface area (TPSA) is 297 Å². The minimum atomic E-state index is -2.62. The van der Waals surface area contributed by atoms with Crippen molar-refractivity contribution in [3.8, 4) is 0 Å². The molecule has 2 heterocycles. The van der Waals surface area contributed by atoms with Crippen LogP contribution in [0.3, 0.4) is 0 Å². The molecule has 17 heteroatoms. The highest BCUT2D eigenvalue weighted by Crippen LogP contribution is 2.38. The molecule has 0 aromatic heterocycles. The van der Waals surface area contributed by atoms with Gasteiger partial charge >= 0.3 is 5.97 Å². The second kappa shape index (κ2) is 12.4. The van der Waals surface area contributed by atoms with Gasteiger partial charge in [-0.25, -0.2) is 4.79 Å². The number of carbonyl (C=O) groups is 1. The standard InChI is InChI=1S/C18H32O17/c19-1-5(23)8(24)11(27)13(29)16(31)33-15-10(26)7(3-21)34-18(15,4-22)35-17-14(30)12(28)9(25)6(2-20)32-17/h5-15,17,19-30H,1-4H2/t5-,6-,7-,8-,9-,10-,11+,12+,13-,14-,15+,17-,18+/m1/s1. The van der Waals surface area contributed by atoms with Gasteiger partial charge in [-0.05, 0) is 0 Å². The number of aliphatic hydroxyl groups is 12. The van der Waals surface area contributed by atoms with Gasteiger partial charge in [-0.3, -0.25) is 0 Å². The lowest BCUT2D eigenvalue weighted by atomic mass is 9.99. The Kier molecular flexibility index (Phi) is 10.7. The van der Waals surface area contributed by atoms with Crippen molar-refractivity contribution in [2.75, 3.05) is 26.4 Å². The van der Waals surface area contributed by atoms with Crippen LogP contribution in [0.25, 0.3) is 0 Å². The fraction of sp³-hybridized carbons (Fsp3) is 0.944. The maximum absolute atomic E-state index is 12.4. The van der Waals surface area contributed by atoms with Crippen LogP contribution in [0, 0.1) is 0 Å². The molecule has 0 saturated carbocycles. The van der Waals surface area contributed by atoms with Crippen LogP contribution in [0.1, 0.15) is 0 Å². The number of carbonyl (C=O) groups excluding carboxylic acids is 1. The number of rotatable bonds is 11. The largest absolute Gasteiger partial charge is 0.452 e. The Morgan fingerprint density at radius 1 is 0.829 bits per heavy atom. The van der Waals surface area contributed by atoms with E-state index in [-0.39, 0.29) is 0 Å². The van der Waals surface area contributed by atoms with Crippen LogP contribution < -0.4 is 0 Å². The number of hydrogen-bond donors (Lipinski definition) is 12. The Morgan fingerprint density at radius 2 is 1.43 bits per heavy atom. The Bertz CT molecular complexity index is 679. The third-order valence-corrected chi connectivity index (χ3v) is 5.78. The first-order valence-corrected chi connectivity index (χ1v) is 10.5. The van der Waals surface area contributed by atoms with Crippen LogP contribution in [-0.4, -0.2) is 173 Å². The first-order valence-electron chi connectivity index (χ1n) is 10.5. The summed E-state index contributed by atoms with van der Waals surface area (Å²) in [6, 6.07) is 0. The average molecular weight is 520 g/mol. The first kappa shape index (κ1) is 30.1. The summed E-state index contributed by atoms with van der Waals surface area (Å²) in [4.78, 5) is 12.4. The summed E-state index contributed by atoms with van der Waals surface area (Å²) in [6.07, 6.45) is -23.8. The van der Waals surface area contributed by atoms with Crippen LogP contribution in [-0.2, 0) is 23.7 Å². The van der Waals surface area contributed by atoms with Gasteiger partial charge in [0.05, 0.1) is 19.8 Å². The highest BCUT2D eigenvalue weighted by Gasteiger charge is 2.61. The van der Waals surface area contributed by atoms with Crippen molar-refractivity contribution in [3.63, 3.8) is 0 Å². The molecule has 0 bridgehead atoms. The zero-order chi connectivity index (χ0) is 26.7. The van der Waals surface area contributed by atoms with Crippen LogP contribution in [0.4, 0.5) is 0 Å². The summed E-state index contributed by atoms with van der Waals surface area (Å²) in [5, 5.41) is 117. The molecule has 0 spiro atoms. The fourth-order valence-corrected chi connectivity index (χ4v) is 3.63. The molecule has 12 N–H and O–H groups in total. The zero-order valence-electron chi connectivity index (χ0n) is 18.2. The van der Waals surface area contributed by atoms with E-state index in [1.807, 2.05) is 0 Å². The average Bonchev–Trinajstić information content (AvgIpc) is 3.12. The summed E-state index contributed by atoms with van der Waals surface area (Å²) in [6.45, 7) is -4.04. The van der Waals surface area contributed by atoms with Gasteiger partial charge in [0.2, 0.25) is 5.79 Å². The molecule has 35 heavy (non-hydrogen) atoms. The van der Waals surface area contributed by atoms with Crippen LogP contribution in [0.5, 0.6) is 0 Å². The Morgan fingerprint density at radius 3 is 1.94 bits per heavy atom. The molecular weight excluding hydrogens is 488 g/mol. The van der Waals surface area contributed by atoms with Crippen molar-refractivity contribution in [1.29, 1.82) is 0 Å². The van der Waals surface area contributed by atoms with E-state index in [9.17, 15) is 61.0 Å². The lowest BCUT2D eigenvalue weighted by molar-refractivity contribution is -0.384. The monoisotopic (exact) mass is 520 g/mol. The van der Waals surface area contributed by atoms with Crippen LogP contribution in [0.2, 0.25) is 0 Å². The number of esters is 1. The highest BCUT2D eigenvalue weighted by molar-refractivity contribution is 5.75. The molecule has 2 aliphatic heterocycles. The van der Waals surface area contributed by atoms with E-state index in [0.717, 1.165) is 0 Å². The van der Waals surface area contributed by atoms with E-state index in [1.54, 1.807) is 0 Å². The summed E-state index contributed by atoms with van der Waals surface area (Å²) >= 11 is 0. The van der Waals surface area contributed by atoms with Crippen molar-refractivity contribution in [3.05, 3.63) is 0 Å². The van der Waals surface area contributed by atoms with Gasteiger partial charge in [0.1, 0.15) is 61.5 Å². The molecule has 0 aliphatic carbocycles. The number of hydrogen-bond acceptors (Lipinski definition) is 17. The molecule has 0 radical (unpaired) electrons. The predicted molar refractivity (Wildman–Crippen MR) is 104 cm³/mol. The molecule has 2 rings (SSSR count). The van der Waals surface area contributed by atoms with Gasteiger partial charge in [0.15, 0.2) is 18.5 Å². The molecule has 0 amide bonds. The minimum Gasteiger partial charge on any atom is -0.452 e. The second-order valence-corrected chi connectivity index (χ2v) is 8.15. The van der Waals surface area contributed by atoms with E-state index in [4.69, 9.17) is 24.1 Å². The van der Waals surface area contributed by atoms with Crippen molar-refractivity contribution < 1.29 is 85.0 Å². The second-order valence-electron chi connectivity index (χ2n) is 8.15. The molecule has 2 aliphatic rings. The van der Waals surface area contributed by atoms with Gasteiger partial charge in [-0.1, -0.05) is 0 Å². The van der Waals surface area contributed by atoms with Crippen molar-refractivity contribution >= 4 is 5.97 Å². The minimum absolute atomic E-state index is 0.843. The Balaban J connectivity index is 2.28. The summed E-state index contributed by atoms with van der Waals surface area (Å²) in [7, 11) is 0. The van der Waals surface area contributed by atoms with E-state index >= 15 is 0 Å². The van der Waals surface area contributed by atoms with Gasteiger partial charge in [0.25, 0.3) is 0 Å². The quantitative estimate of drug-likeness (QED) is 0.113. The van der Waals surface area contributed by atoms with E-state index < -0.39 is 112 Å². The molecule has 206 valence electrons. The summed E-state index contributed by atoms with van der Waals surface area (Å²) in [5.41, 5.74) is 0. The van der Waals surface area contributed by atoms with Gasteiger partial charge in [-0.2, -0.15) is 0 Å². The summed E-state index contributed by atoms with van der Waals surface area (Å²) < 4.78 is 20.7. The van der Waals surface area contributed by atoms with Crippen molar-refractivity contribution in [2.45, 2.75) is 79.2 Å². The third-order valence-electron chi connectivity index (χ3n) is 5.78. The highest BCUT2D eigenvalue weighted by atomic mass is 16.8. The maximum Gasteiger partial charge on any atom is 0.338 e. The zero-order valence-corrected chi connectivity index (χ0v) is 18.2. The van der Waals surface area contributed by atoms with Crippen LogP contribution >= 0.6 is 0 Å². The van der Waals surface area contributed by atoms with E-state index in [1.165, 1.54) is 0 Å². The van der Waals surface area contributed by atoms with E-state index in [0.29, 0.717) is 0 Å². The normalized spacial score (nSPS) is 41.3. The third kappa shape index (κ3) is 6.06. The van der Waals surface area contributed by atoms with Crippen molar-refractivity contribution in [2.24, 2.45) is 0 Å². The van der Waals surface area contributed by atoms with Gasteiger partial charge < -0.3 is 80.2 Å². The van der Waals surface area contributed by atoms with Crippen LogP contribution in [0.15, 0.2) is 0 Å². The maximum atomic E-state index is 12.4. The molecule has 17 nitrogen and oxygen atoms in total. The molecule has 0 aromatic carbocycles. The molecule has 0 unspecified atom stereocenters. The van der Waals surface area contributed by atoms with Gasteiger partial charge in [0, 0.05) is 0 Å². The number of ether oxygens (including phenoxy) is 4. The fourth-order valence-electron chi connectivity index (χ4n) is 3.63. The first-order chi connectivity index (χ1) is 16.4. The molecule has 13 atom stereocenters. The van der Waals surface area contributed by atoms with Gasteiger partial charge in [-0.15, -0.1) is 0 Å². The molecule has 2 fully saturated rings. The molecule has 2 saturated heterocycles. The van der Waals surface area contributed by atoms with E-state index in [2.05, 4.69) is 0 Å². The number of aliphatic hydroxyl groups excluding tert-OH is 12. The lowest BCUT2D eigenvalue weighted by Gasteiger charge is -2.43. The smallest absolute Gasteiger partial charge is 0.338 e. The molecular formula is C18H32O17. The predicted octanol–water partition coefficient (Wildman–Crippen LogP) is -8.41. The van der Waals surface area contributed by atoms with Crippen molar-refractivity contribution in [1.82, 2.24) is 0 Å². The summed E-state index contributed by atoms with van der Waals surface area (Å²) in [5.74, 6) is -4.35. The Labute approximate surface area is 197 Å². The Hall–Kier alpha value is -1.13.